The number of nitrogens with zero attached hydrogens (tertiary/aromatic N) is 2. The minimum atomic E-state index is 0.351. The van der Waals surface area contributed by atoms with Gasteiger partial charge in [-0.05, 0) is 71.0 Å². The fourth-order valence-electron chi connectivity index (χ4n) is 3.28. The topological polar surface area (TPSA) is 35.6 Å². The molecule has 1 N–H and O–H groups in total. The smallest absolute Gasteiger partial charge is 0.236 e. The maximum atomic E-state index is 12.3. The van der Waals surface area contributed by atoms with Gasteiger partial charge in [-0.15, -0.1) is 0 Å². The third-order valence-electron chi connectivity index (χ3n) is 4.99. The molecule has 0 radical (unpaired) electrons. The molecule has 0 unspecified atom stereocenters. The second kappa shape index (κ2) is 6.44. The lowest BCUT2D eigenvalue weighted by Crippen LogP contribution is -2.45. The summed E-state index contributed by atoms with van der Waals surface area (Å²) >= 11 is 0. The van der Waals surface area contributed by atoms with Crippen molar-refractivity contribution in [2.24, 2.45) is 5.92 Å². The zero-order valence-electron chi connectivity index (χ0n) is 12.8. The molecule has 1 saturated heterocycles. The van der Waals surface area contributed by atoms with Crippen LogP contribution in [0.4, 0.5) is 0 Å². The predicted molar refractivity (Wildman–Crippen MR) is 80.6 cm³/mol. The van der Waals surface area contributed by atoms with Crippen LogP contribution >= 0.6 is 0 Å². The number of rotatable bonds is 7. The monoisotopic (exact) mass is 279 g/mol. The summed E-state index contributed by atoms with van der Waals surface area (Å²) in [5.41, 5.74) is 0. The van der Waals surface area contributed by atoms with E-state index < -0.39 is 0 Å². The second-order valence-electron chi connectivity index (χ2n) is 6.81. The Bertz CT molecular complexity index is 331. The first kappa shape index (κ1) is 14.3. The lowest BCUT2D eigenvalue weighted by Gasteiger charge is -2.33. The van der Waals surface area contributed by atoms with Gasteiger partial charge in [-0.1, -0.05) is 0 Å². The fraction of sp³-hybridized carbons (Fsp3) is 0.938. The highest BCUT2D eigenvalue weighted by Gasteiger charge is 2.32. The molecule has 2 saturated carbocycles. The van der Waals surface area contributed by atoms with Crippen molar-refractivity contribution in [1.82, 2.24) is 15.1 Å². The first-order valence-electron chi connectivity index (χ1n) is 8.51. The Hall–Kier alpha value is -0.610. The van der Waals surface area contributed by atoms with Crippen molar-refractivity contribution in [2.75, 3.05) is 32.7 Å². The molecule has 3 aliphatic rings. The van der Waals surface area contributed by atoms with Crippen LogP contribution in [0.15, 0.2) is 0 Å². The maximum Gasteiger partial charge on any atom is 0.236 e. The van der Waals surface area contributed by atoms with Gasteiger partial charge in [-0.3, -0.25) is 9.69 Å². The molecule has 3 rings (SSSR count). The second-order valence-corrected chi connectivity index (χ2v) is 6.81. The summed E-state index contributed by atoms with van der Waals surface area (Å²) in [6.45, 7) is 7.02. The number of amides is 1. The number of nitrogens with one attached hydrogen (secondary N) is 1. The Morgan fingerprint density at radius 3 is 2.40 bits per heavy atom. The van der Waals surface area contributed by atoms with Crippen LogP contribution in [-0.4, -0.2) is 60.5 Å². The van der Waals surface area contributed by atoms with Crippen molar-refractivity contribution in [3.63, 3.8) is 0 Å². The number of hydrogen-bond donors (Lipinski definition) is 1. The van der Waals surface area contributed by atoms with E-state index in [2.05, 4.69) is 22.0 Å². The zero-order chi connectivity index (χ0) is 13.9. The lowest BCUT2D eigenvalue weighted by atomic mass is 9.97. The Morgan fingerprint density at radius 1 is 1.15 bits per heavy atom. The third-order valence-corrected chi connectivity index (χ3v) is 4.99. The van der Waals surface area contributed by atoms with Crippen molar-refractivity contribution >= 4 is 5.91 Å². The summed E-state index contributed by atoms with van der Waals surface area (Å²) in [6, 6.07) is 1.39. The summed E-state index contributed by atoms with van der Waals surface area (Å²) in [5.74, 6) is 1.18. The van der Waals surface area contributed by atoms with E-state index in [1.165, 1.54) is 45.1 Å². The number of hydrogen-bond acceptors (Lipinski definition) is 3. The highest BCUT2D eigenvalue weighted by atomic mass is 16.2. The van der Waals surface area contributed by atoms with Gasteiger partial charge in [-0.25, -0.2) is 0 Å². The Kier molecular flexibility index (Phi) is 4.61. The average Bonchev–Trinajstić information content (AvgIpc) is 3.33. The standard InChI is InChI=1S/C16H29N3O/c1-2-19(15-5-6-15)16(20)12-18-9-7-13(8-10-18)11-17-14-3-4-14/h13-15,17H,2-12H2,1H3. The number of carbonyl (C=O) groups is 1. The van der Waals surface area contributed by atoms with Crippen LogP contribution in [0, 0.1) is 5.92 Å². The lowest BCUT2D eigenvalue weighted by molar-refractivity contribution is -0.133. The van der Waals surface area contributed by atoms with Crippen LogP contribution < -0.4 is 5.32 Å². The van der Waals surface area contributed by atoms with E-state index in [-0.39, 0.29) is 0 Å². The first-order chi connectivity index (χ1) is 9.76. The first-order valence-corrected chi connectivity index (χ1v) is 8.51. The Morgan fingerprint density at radius 2 is 1.85 bits per heavy atom. The summed E-state index contributed by atoms with van der Waals surface area (Å²) < 4.78 is 0. The van der Waals surface area contributed by atoms with Crippen molar-refractivity contribution < 1.29 is 4.79 Å². The number of carbonyl (C=O) groups excluding carboxylic acids is 1. The molecule has 0 aromatic heterocycles. The largest absolute Gasteiger partial charge is 0.339 e. The molecule has 0 bridgehead atoms. The SMILES string of the molecule is CCN(C(=O)CN1CCC(CNC2CC2)CC1)C1CC1. The minimum absolute atomic E-state index is 0.351. The van der Waals surface area contributed by atoms with Crippen LogP contribution in [0.5, 0.6) is 0 Å². The molecule has 1 heterocycles. The Labute approximate surface area is 122 Å². The average molecular weight is 279 g/mol. The molecule has 3 fully saturated rings. The molecule has 4 heteroatoms. The number of likely N-dealkylation sites (tertiary alicyclic amines) is 1. The van der Waals surface area contributed by atoms with E-state index in [0.29, 0.717) is 18.5 Å². The summed E-state index contributed by atoms with van der Waals surface area (Å²) in [6.07, 6.45) is 7.69. The van der Waals surface area contributed by atoms with E-state index >= 15 is 0 Å². The van der Waals surface area contributed by atoms with Crippen LogP contribution in [-0.2, 0) is 4.79 Å². The highest BCUT2D eigenvalue weighted by Crippen LogP contribution is 2.27. The van der Waals surface area contributed by atoms with Crippen molar-refractivity contribution in [3.05, 3.63) is 0 Å². The normalized spacial score (nSPS) is 24.9. The molecule has 114 valence electrons. The van der Waals surface area contributed by atoms with Gasteiger partial charge in [0, 0.05) is 18.6 Å². The third kappa shape index (κ3) is 3.95. The summed E-state index contributed by atoms with van der Waals surface area (Å²) in [7, 11) is 0. The zero-order valence-corrected chi connectivity index (χ0v) is 12.8. The van der Waals surface area contributed by atoms with Gasteiger partial charge < -0.3 is 10.2 Å². The van der Waals surface area contributed by atoms with Gasteiger partial charge in [0.2, 0.25) is 5.91 Å². The van der Waals surface area contributed by atoms with Crippen molar-refractivity contribution in [2.45, 2.75) is 57.5 Å². The van der Waals surface area contributed by atoms with Gasteiger partial charge in [0.25, 0.3) is 0 Å². The maximum absolute atomic E-state index is 12.3. The molecule has 0 aromatic carbocycles. The Balaban J connectivity index is 1.35. The quantitative estimate of drug-likeness (QED) is 0.766. The van der Waals surface area contributed by atoms with E-state index in [1.54, 1.807) is 0 Å². The minimum Gasteiger partial charge on any atom is -0.339 e. The van der Waals surface area contributed by atoms with Gasteiger partial charge in [0.05, 0.1) is 6.54 Å². The van der Waals surface area contributed by atoms with Crippen LogP contribution in [0.1, 0.15) is 45.4 Å². The van der Waals surface area contributed by atoms with Crippen molar-refractivity contribution in [1.29, 1.82) is 0 Å². The van der Waals surface area contributed by atoms with Gasteiger partial charge >= 0.3 is 0 Å². The number of piperidine rings is 1. The molecule has 0 spiro atoms. The molecule has 0 atom stereocenters. The molecule has 4 nitrogen and oxygen atoms in total. The van der Waals surface area contributed by atoms with Crippen LogP contribution in [0.3, 0.4) is 0 Å². The van der Waals surface area contributed by atoms with Crippen molar-refractivity contribution in [3.8, 4) is 0 Å². The van der Waals surface area contributed by atoms with Gasteiger partial charge in [0.1, 0.15) is 0 Å². The molecule has 0 aromatic rings. The number of likely N-dealkylation sites (N-methyl/N-ethyl adjacent to an activating group) is 1. The van der Waals surface area contributed by atoms with Crippen LogP contribution in [0.2, 0.25) is 0 Å². The summed E-state index contributed by atoms with van der Waals surface area (Å²) in [5, 5.41) is 3.64. The predicted octanol–water partition coefficient (Wildman–Crippen LogP) is 1.46. The van der Waals surface area contributed by atoms with E-state index in [4.69, 9.17) is 0 Å². The molecular formula is C16H29N3O. The van der Waals surface area contributed by atoms with Gasteiger partial charge in [-0.2, -0.15) is 0 Å². The van der Waals surface area contributed by atoms with Crippen LogP contribution in [0.25, 0.3) is 0 Å². The van der Waals surface area contributed by atoms with E-state index in [1.807, 2.05) is 0 Å². The summed E-state index contributed by atoms with van der Waals surface area (Å²) in [4.78, 5) is 16.7. The molecule has 1 amide bonds. The van der Waals surface area contributed by atoms with E-state index in [0.717, 1.165) is 31.6 Å². The molecule has 20 heavy (non-hydrogen) atoms. The van der Waals surface area contributed by atoms with Gasteiger partial charge in [0.15, 0.2) is 0 Å². The molecule has 2 aliphatic carbocycles. The fourth-order valence-corrected chi connectivity index (χ4v) is 3.28. The molecular weight excluding hydrogens is 250 g/mol. The van der Waals surface area contributed by atoms with E-state index in [9.17, 15) is 4.79 Å². The molecule has 1 aliphatic heterocycles. The highest BCUT2D eigenvalue weighted by molar-refractivity contribution is 5.78.